The number of rotatable bonds is 4. The van der Waals surface area contributed by atoms with Gasteiger partial charge in [-0.2, -0.15) is 0 Å². The van der Waals surface area contributed by atoms with E-state index >= 15 is 0 Å². The Bertz CT molecular complexity index is 557. The minimum absolute atomic E-state index is 0.182. The topological polar surface area (TPSA) is 45.2 Å². The van der Waals surface area contributed by atoms with Crippen LogP contribution >= 0.6 is 0 Å². The van der Waals surface area contributed by atoms with Gasteiger partial charge < -0.3 is 10.2 Å². The summed E-state index contributed by atoms with van der Waals surface area (Å²) in [6, 6.07) is 9.64. The van der Waals surface area contributed by atoms with Gasteiger partial charge in [0.25, 0.3) is 0 Å². The van der Waals surface area contributed by atoms with Crippen LogP contribution in [0, 0.1) is 5.82 Å². The first-order valence-corrected chi connectivity index (χ1v) is 6.27. The number of aromatic nitrogens is 1. The smallest absolute Gasteiger partial charge is 0.317 e. The van der Waals surface area contributed by atoms with Crippen molar-refractivity contribution in [2.24, 2.45) is 0 Å². The highest BCUT2D eigenvalue weighted by atomic mass is 19.1. The van der Waals surface area contributed by atoms with Crippen molar-refractivity contribution >= 4 is 6.03 Å². The Kier molecular flexibility index (Phi) is 4.65. The molecule has 0 unspecified atom stereocenters. The monoisotopic (exact) mass is 273 g/mol. The molecule has 4 nitrogen and oxygen atoms in total. The molecule has 0 atom stereocenters. The molecule has 0 spiro atoms. The van der Waals surface area contributed by atoms with Gasteiger partial charge in [-0.1, -0.05) is 18.2 Å². The molecule has 0 saturated heterocycles. The summed E-state index contributed by atoms with van der Waals surface area (Å²) in [5.41, 5.74) is 1.82. The van der Waals surface area contributed by atoms with Crippen molar-refractivity contribution in [1.82, 2.24) is 15.2 Å². The van der Waals surface area contributed by atoms with Gasteiger partial charge in [0.15, 0.2) is 0 Å². The third-order valence-electron chi connectivity index (χ3n) is 2.85. The maximum absolute atomic E-state index is 12.8. The largest absolute Gasteiger partial charge is 0.334 e. The van der Waals surface area contributed by atoms with E-state index in [1.807, 2.05) is 12.1 Å². The number of nitrogens with zero attached hydrogens (tertiary/aromatic N) is 2. The SMILES string of the molecule is CN(Cc1ccc(F)cc1)C(=O)NCc1cccnc1. The van der Waals surface area contributed by atoms with E-state index in [1.165, 1.54) is 12.1 Å². The van der Waals surface area contributed by atoms with Crippen LogP contribution in [0.2, 0.25) is 0 Å². The molecular weight excluding hydrogens is 257 g/mol. The van der Waals surface area contributed by atoms with Gasteiger partial charge in [-0.05, 0) is 29.3 Å². The molecule has 0 radical (unpaired) electrons. The van der Waals surface area contributed by atoms with Gasteiger partial charge in [-0.3, -0.25) is 4.98 Å². The van der Waals surface area contributed by atoms with E-state index in [1.54, 1.807) is 36.5 Å². The summed E-state index contributed by atoms with van der Waals surface area (Å²) in [4.78, 5) is 17.4. The van der Waals surface area contributed by atoms with E-state index in [0.717, 1.165) is 11.1 Å². The summed E-state index contributed by atoms with van der Waals surface area (Å²) < 4.78 is 12.8. The van der Waals surface area contributed by atoms with Crippen molar-refractivity contribution in [2.45, 2.75) is 13.1 Å². The molecule has 2 rings (SSSR count). The fraction of sp³-hybridized carbons (Fsp3) is 0.200. The van der Waals surface area contributed by atoms with Gasteiger partial charge in [-0.15, -0.1) is 0 Å². The molecule has 5 heteroatoms. The van der Waals surface area contributed by atoms with Gasteiger partial charge in [0, 0.05) is 32.5 Å². The zero-order valence-corrected chi connectivity index (χ0v) is 11.2. The van der Waals surface area contributed by atoms with Gasteiger partial charge in [0.05, 0.1) is 0 Å². The number of hydrogen-bond donors (Lipinski definition) is 1. The van der Waals surface area contributed by atoms with Crippen molar-refractivity contribution in [3.8, 4) is 0 Å². The van der Waals surface area contributed by atoms with Crippen molar-refractivity contribution in [1.29, 1.82) is 0 Å². The molecule has 0 aliphatic carbocycles. The number of pyridine rings is 1. The number of benzene rings is 1. The molecule has 0 aliphatic rings. The molecule has 0 bridgehead atoms. The van der Waals surface area contributed by atoms with E-state index < -0.39 is 0 Å². The highest BCUT2D eigenvalue weighted by Gasteiger charge is 2.08. The maximum atomic E-state index is 12.8. The van der Waals surface area contributed by atoms with Crippen LogP contribution in [0.5, 0.6) is 0 Å². The van der Waals surface area contributed by atoms with E-state index in [9.17, 15) is 9.18 Å². The second-order valence-electron chi connectivity index (χ2n) is 4.50. The first-order chi connectivity index (χ1) is 9.65. The van der Waals surface area contributed by atoms with Crippen LogP contribution in [0.4, 0.5) is 9.18 Å². The number of amides is 2. The summed E-state index contributed by atoms with van der Waals surface area (Å²) in [6.07, 6.45) is 3.40. The van der Waals surface area contributed by atoms with E-state index in [4.69, 9.17) is 0 Å². The summed E-state index contributed by atoms with van der Waals surface area (Å²) in [5.74, 6) is -0.280. The van der Waals surface area contributed by atoms with Crippen LogP contribution in [0.1, 0.15) is 11.1 Å². The van der Waals surface area contributed by atoms with Crippen LogP contribution in [0.25, 0.3) is 0 Å². The Labute approximate surface area is 117 Å². The molecular formula is C15H16FN3O. The molecule has 2 amide bonds. The molecule has 0 fully saturated rings. The molecule has 1 heterocycles. The Morgan fingerprint density at radius 1 is 1.25 bits per heavy atom. The number of carbonyl (C=O) groups is 1. The number of halogens is 1. The summed E-state index contributed by atoms with van der Waals surface area (Å²) in [5, 5.41) is 2.80. The van der Waals surface area contributed by atoms with Crippen molar-refractivity contribution in [3.63, 3.8) is 0 Å². The number of urea groups is 1. The standard InChI is InChI=1S/C15H16FN3O/c1-19(11-12-4-6-14(16)7-5-12)15(20)18-10-13-3-2-8-17-9-13/h2-9H,10-11H2,1H3,(H,18,20). The number of nitrogens with one attached hydrogen (secondary N) is 1. The van der Waals surface area contributed by atoms with E-state index in [2.05, 4.69) is 10.3 Å². The van der Waals surface area contributed by atoms with Crippen LogP contribution < -0.4 is 5.32 Å². The fourth-order valence-electron chi connectivity index (χ4n) is 1.75. The molecule has 0 aliphatic heterocycles. The molecule has 1 aromatic carbocycles. The van der Waals surface area contributed by atoms with Gasteiger partial charge in [0.1, 0.15) is 5.82 Å². The molecule has 1 aromatic heterocycles. The van der Waals surface area contributed by atoms with Gasteiger partial charge in [-0.25, -0.2) is 9.18 Å². The van der Waals surface area contributed by atoms with Crippen molar-refractivity contribution in [3.05, 3.63) is 65.7 Å². The van der Waals surface area contributed by atoms with Crippen LogP contribution in [-0.2, 0) is 13.1 Å². The van der Waals surface area contributed by atoms with Crippen LogP contribution in [0.3, 0.4) is 0 Å². The van der Waals surface area contributed by atoms with Crippen molar-refractivity contribution in [2.75, 3.05) is 7.05 Å². The lowest BCUT2D eigenvalue weighted by molar-refractivity contribution is 0.206. The highest BCUT2D eigenvalue weighted by Crippen LogP contribution is 2.05. The van der Waals surface area contributed by atoms with E-state index in [0.29, 0.717) is 13.1 Å². The predicted molar refractivity (Wildman–Crippen MR) is 74.3 cm³/mol. The summed E-state index contributed by atoms with van der Waals surface area (Å²) in [7, 11) is 1.70. The number of hydrogen-bond acceptors (Lipinski definition) is 2. The predicted octanol–water partition coefficient (Wildman–Crippen LogP) is 2.56. The van der Waals surface area contributed by atoms with E-state index in [-0.39, 0.29) is 11.8 Å². The lowest BCUT2D eigenvalue weighted by Crippen LogP contribution is -2.36. The Morgan fingerprint density at radius 3 is 2.65 bits per heavy atom. The van der Waals surface area contributed by atoms with Crippen LogP contribution in [-0.4, -0.2) is 23.0 Å². The zero-order valence-electron chi connectivity index (χ0n) is 11.2. The second-order valence-corrected chi connectivity index (χ2v) is 4.50. The van der Waals surface area contributed by atoms with Gasteiger partial charge in [0.2, 0.25) is 0 Å². The lowest BCUT2D eigenvalue weighted by atomic mass is 10.2. The third-order valence-corrected chi connectivity index (χ3v) is 2.85. The lowest BCUT2D eigenvalue weighted by Gasteiger charge is -2.18. The average Bonchev–Trinajstić information content (AvgIpc) is 2.48. The average molecular weight is 273 g/mol. The Hall–Kier alpha value is -2.43. The highest BCUT2D eigenvalue weighted by molar-refractivity contribution is 5.73. The summed E-state index contributed by atoms with van der Waals surface area (Å²) in [6.45, 7) is 0.861. The zero-order chi connectivity index (χ0) is 14.4. The molecule has 104 valence electrons. The third kappa shape index (κ3) is 4.05. The van der Waals surface area contributed by atoms with Crippen molar-refractivity contribution < 1.29 is 9.18 Å². The Balaban J connectivity index is 1.84. The second kappa shape index (κ2) is 6.65. The minimum Gasteiger partial charge on any atom is -0.334 e. The molecule has 2 aromatic rings. The molecule has 1 N–H and O–H groups in total. The van der Waals surface area contributed by atoms with Crippen LogP contribution in [0.15, 0.2) is 48.8 Å². The first-order valence-electron chi connectivity index (χ1n) is 6.27. The first kappa shape index (κ1) is 14.0. The minimum atomic E-state index is -0.280. The Morgan fingerprint density at radius 2 is 2.00 bits per heavy atom. The quantitative estimate of drug-likeness (QED) is 0.930. The maximum Gasteiger partial charge on any atom is 0.317 e. The normalized spacial score (nSPS) is 10.1. The van der Waals surface area contributed by atoms with Gasteiger partial charge >= 0.3 is 6.03 Å². The molecule has 0 saturated carbocycles. The summed E-state index contributed by atoms with van der Waals surface area (Å²) >= 11 is 0. The molecule has 20 heavy (non-hydrogen) atoms. The number of carbonyl (C=O) groups excluding carboxylic acids is 1. The fourth-order valence-corrected chi connectivity index (χ4v) is 1.75.